The van der Waals surface area contributed by atoms with Gasteiger partial charge in [0.05, 0.1) is 12.7 Å². The molecular weight excluding hydrogens is 184 g/mol. The number of hydrogen-bond donors (Lipinski definition) is 3. The Morgan fingerprint density at radius 3 is 3.07 bits per heavy atom. The van der Waals surface area contributed by atoms with E-state index in [4.69, 9.17) is 10.8 Å². The van der Waals surface area contributed by atoms with E-state index in [-0.39, 0.29) is 6.54 Å². The summed E-state index contributed by atoms with van der Waals surface area (Å²) in [6.07, 6.45) is 0.396. The Labute approximate surface area is 81.1 Å². The van der Waals surface area contributed by atoms with E-state index < -0.39 is 12.0 Å². The van der Waals surface area contributed by atoms with Crippen LogP contribution in [0.15, 0.2) is 12.3 Å². The van der Waals surface area contributed by atoms with E-state index in [9.17, 15) is 4.79 Å². The smallest absolute Gasteiger partial charge is 0.248 e. The van der Waals surface area contributed by atoms with Crippen molar-refractivity contribution in [2.75, 3.05) is 11.9 Å². The summed E-state index contributed by atoms with van der Waals surface area (Å²) in [7, 11) is 0. The van der Waals surface area contributed by atoms with Crippen molar-refractivity contribution < 1.29 is 9.90 Å². The molecule has 0 radical (unpaired) electrons. The predicted octanol–water partition coefficient (Wildman–Crippen LogP) is -0.957. The van der Waals surface area contributed by atoms with Crippen LogP contribution in [0.1, 0.15) is 5.56 Å². The van der Waals surface area contributed by atoms with Crippen LogP contribution in [0, 0.1) is 6.92 Å². The van der Waals surface area contributed by atoms with Gasteiger partial charge in [-0.05, 0) is 18.6 Å². The number of hydrogen-bond acceptors (Lipinski definition) is 5. The molecule has 1 atom stereocenters. The van der Waals surface area contributed by atoms with Crippen LogP contribution >= 0.6 is 0 Å². The second kappa shape index (κ2) is 4.52. The topological polar surface area (TPSA) is 101 Å². The van der Waals surface area contributed by atoms with Crippen molar-refractivity contribution in [3.8, 4) is 0 Å². The minimum atomic E-state index is -1.21. The highest BCUT2D eigenvalue weighted by Crippen LogP contribution is 2.02. The maximum absolute atomic E-state index is 10.5. The van der Waals surface area contributed by atoms with Crippen molar-refractivity contribution in [2.45, 2.75) is 13.0 Å². The minimum absolute atomic E-state index is 0.0352. The fourth-order valence-corrected chi connectivity index (χ4v) is 0.852. The summed E-state index contributed by atoms with van der Waals surface area (Å²) >= 11 is 0. The number of carbonyl (C=O) groups excluding carboxylic acids is 1. The molecule has 6 heteroatoms. The zero-order valence-corrected chi connectivity index (χ0v) is 7.77. The Hall–Kier alpha value is -1.69. The third kappa shape index (κ3) is 2.98. The molecule has 1 aromatic heterocycles. The van der Waals surface area contributed by atoms with Crippen LogP contribution in [-0.4, -0.2) is 33.9 Å². The third-order valence-corrected chi connectivity index (χ3v) is 1.60. The van der Waals surface area contributed by atoms with E-state index in [1.54, 1.807) is 12.3 Å². The number of primary amides is 1. The molecule has 6 nitrogen and oxygen atoms in total. The van der Waals surface area contributed by atoms with Crippen LogP contribution in [0.25, 0.3) is 0 Å². The molecule has 1 rings (SSSR count). The van der Waals surface area contributed by atoms with Gasteiger partial charge < -0.3 is 16.2 Å². The summed E-state index contributed by atoms with van der Waals surface area (Å²) < 4.78 is 0. The van der Waals surface area contributed by atoms with E-state index in [1.807, 2.05) is 6.92 Å². The Morgan fingerprint density at radius 2 is 2.50 bits per heavy atom. The van der Waals surface area contributed by atoms with Crippen molar-refractivity contribution in [1.29, 1.82) is 0 Å². The van der Waals surface area contributed by atoms with Gasteiger partial charge in [-0.25, -0.2) is 0 Å². The molecule has 0 aliphatic heterocycles. The average molecular weight is 196 g/mol. The molecule has 76 valence electrons. The Morgan fingerprint density at radius 1 is 1.79 bits per heavy atom. The molecule has 0 spiro atoms. The molecule has 0 bridgehead atoms. The number of nitrogens with one attached hydrogen (secondary N) is 1. The second-order valence-corrected chi connectivity index (χ2v) is 2.92. The number of aromatic nitrogens is 2. The van der Waals surface area contributed by atoms with Crippen LogP contribution < -0.4 is 11.1 Å². The van der Waals surface area contributed by atoms with E-state index >= 15 is 0 Å². The summed E-state index contributed by atoms with van der Waals surface area (Å²) in [5.74, 6) is -0.261. The summed E-state index contributed by atoms with van der Waals surface area (Å²) in [5, 5.41) is 19.3. The van der Waals surface area contributed by atoms with Crippen LogP contribution in [0.3, 0.4) is 0 Å². The van der Waals surface area contributed by atoms with Crippen LogP contribution in [0.5, 0.6) is 0 Å². The number of rotatable bonds is 4. The first-order valence-electron chi connectivity index (χ1n) is 4.10. The molecule has 0 aromatic carbocycles. The summed E-state index contributed by atoms with van der Waals surface area (Å²) in [4.78, 5) is 10.5. The quantitative estimate of drug-likeness (QED) is 0.576. The van der Waals surface area contributed by atoms with Gasteiger partial charge in [0.2, 0.25) is 5.91 Å². The molecule has 0 aliphatic carbocycles. The van der Waals surface area contributed by atoms with Gasteiger partial charge in [0.1, 0.15) is 11.9 Å². The number of aliphatic hydroxyl groups is 1. The van der Waals surface area contributed by atoms with Crippen molar-refractivity contribution in [1.82, 2.24) is 10.2 Å². The lowest BCUT2D eigenvalue weighted by Gasteiger charge is -2.08. The molecule has 0 saturated heterocycles. The van der Waals surface area contributed by atoms with Crippen molar-refractivity contribution in [3.05, 3.63) is 17.8 Å². The van der Waals surface area contributed by atoms with Crippen LogP contribution in [0.2, 0.25) is 0 Å². The van der Waals surface area contributed by atoms with Crippen LogP contribution in [-0.2, 0) is 4.79 Å². The first kappa shape index (κ1) is 10.4. The first-order valence-corrected chi connectivity index (χ1v) is 4.10. The number of aliphatic hydroxyl groups excluding tert-OH is 1. The highest BCUT2D eigenvalue weighted by molar-refractivity contribution is 5.79. The molecule has 4 N–H and O–H groups in total. The predicted molar refractivity (Wildman–Crippen MR) is 50.5 cm³/mol. The molecule has 1 aromatic rings. The standard InChI is InChI=1S/C8H12N4O2/c1-5-2-7(12-11-3-5)10-4-6(13)8(9)14/h2-3,6,13H,4H2,1H3,(H2,9,14)(H,10,12). The van der Waals surface area contributed by atoms with Crippen molar-refractivity contribution in [2.24, 2.45) is 5.73 Å². The highest BCUT2D eigenvalue weighted by Gasteiger charge is 2.09. The Kier molecular flexibility index (Phi) is 3.35. The van der Waals surface area contributed by atoms with Gasteiger partial charge in [-0.15, -0.1) is 5.10 Å². The average Bonchev–Trinajstić information content (AvgIpc) is 2.14. The molecule has 0 fully saturated rings. The third-order valence-electron chi connectivity index (χ3n) is 1.60. The van der Waals surface area contributed by atoms with Gasteiger partial charge in [0.25, 0.3) is 0 Å². The van der Waals surface area contributed by atoms with Crippen molar-refractivity contribution in [3.63, 3.8) is 0 Å². The van der Waals surface area contributed by atoms with Gasteiger partial charge in [0.15, 0.2) is 0 Å². The Bertz CT molecular complexity index is 329. The Balaban J connectivity index is 2.49. The fourth-order valence-electron chi connectivity index (χ4n) is 0.852. The van der Waals surface area contributed by atoms with Gasteiger partial charge in [0, 0.05) is 0 Å². The summed E-state index contributed by atoms with van der Waals surface area (Å²) in [6.45, 7) is 1.90. The van der Waals surface area contributed by atoms with E-state index in [0.29, 0.717) is 5.82 Å². The molecule has 1 unspecified atom stereocenters. The SMILES string of the molecule is Cc1cnnc(NCC(O)C(N)=O)c1. The molecular formula is C8H12N4O2. The molecule has 14 heavy (non-hydrogen) atoms. The van der Waals surface area contributed by atoms with Crippen molar-refractivity contribution >= 4 is 11.7 Å². The van der Waals surface area contributed by atoms with E-state index in [0.717, 1.165) is 5.56 Å². The number of anilines is 1. The van der Waals surface area contributed by atoms with Gasteiger partial charge >= 0.3 is 0 Å². The number of aryl methyl sites for hydroxylation is 1. The van der Waals surface area contributed by atoms with Crippen LogP contribution in [0.4, 0.5) is 5.82 Å². The monoisotopic (exact) mass is 196 g/mol. The molecule has 1 amide bonds. The zero-order chi connectivity index (χ0) is 10.6. The van der Waals surface area contributed by atoms with Gasteiger partial charge in [-0.1, -0.05) is 0 Å². The summed E-state index contributed by atoms with van der Waals surface area (Å²) in [6, 6.07) is 1.75. The highest BCUT2D eigenvalue weighted by atomic mass is 16.3. The number of nitrogens with zero attached hydrogens (tertiary/aromatic N) is 2. The molecule has 0 saturated carbocycles. The second-order valence-electron chi connectivity index (χ2n) is 2.92. The number of nitrogens with two attached hydrogens (primary N) is 1. The van der Waals surface area contributed by atoms with E-state index in [1.165, 1.54) is 0 Å². The van der Waals surface area contributed by atoms with Gasteiger partial charge in [-0.3, -0.25) is 4.79 Å². The lowest BCUT2D eigenvalue weighted by atomic mass is 10.3. The minimum Gasteiger partial charge on any atom is -0.381 e. The summed E-state index contributed by atoms with van der Waals surface area (Å²) in [5.41, 5.74) is 5.81. The number of carbonyl (C=O) groups is 1. The van der Waals surface area contributed by atoms with E-state index in [2.05, 4.69) is 15.5 Å². The number of amides is 1. The molecule has 0 aliphatic rings. The lowest BCUT2D eigenvalue weighted by molar-refractivity contribution is -0.125. The molecule has 1 heterocycles. The largest absolute Gasteiger partial charge is 0.381 e. The zero-order valence-electron chi connectivity index (χ0n) is 7.77. The fraction of sp³-hybridized carbons (Fsp3) is 0.375. The first-order chi connectivity index (χ1) is 6.59. The maximum Gasteiger partial charge on any atom is 0.248 e. The lowest BCUT2D eigenvalue weighted by Crippen LogP contribution is -2.34. The normalized spacial score (nSPS) is 12.1. The van der Waals surface area contributed by atoms with Gasteiger partial charge in [-0.2, -0.15) is 5.10 Å². The maximum atomic E-state index is 10.5.